The lowest BCUT2D eigenvalue weighted by atomic mass is 10.0. The number of piperidine rings is 1. The lowest BCUT2D eigenvalue weighted by Gasteiger charge is -2.36. The van der Waals surface area contributed by atoms with Crippen LogP contribution >= 0.6 is 12.2 Å². The second-order valence-corrected chi connectivity index (χ2v) is 5.59. The van der Waals surface area contributed by atoms with Crippen LogP contribution in [-0.2, 0) is 0 Å². The Hall–Kier alpha value is -0.190. The van der Waals surface area contributed by atoms with E-state index < -0.39 is 0 Å². The van der Waals surface area contributed by atoms with Crippen molar-refractivity contribution in [3.05, 3.63) is 0 Å². The molecule has 2 N–H and O–H groups in total. The zero-order valence-corrected chi connectivity index (χ0v) is 12.1. The van der Waals surface area contributed by atoms with Crippen LogP contribution in [0, 0.1) is 0 Å². The number of rotatable bonds is 7. The van der Waals surface area contributed by atoms with Gasteiger partial charge in [0.05, 0.1) is 4.99 Å². The number of likely N-dealkylation sites (tertiary alicyclic amines) is 1. The molecule has 1 fully saturated rings. The minimum Gasteiger partial charge on any atom is -0.393 e. The molecule has 0 aromatic rings. The number of nitrogens with two attached hydrogens (primary N) is 1. The molecule has 0 radical (unpaired) electrons. The van der Waals surface area contributed by atoms with Gasteiger partial charge >= 0.3 is 0 Å². The zero-order valence-electron chi connectivity index (χ0n) is 11.3. The van der Waals surface area contributed by atoms with Gasteiger partial charge in [-0.3, -0.25) is 0 Å². The largest absolute Gasteiger partial charge is 0.393 e. The SMILES string of the molecule is CCN1CCC(N(C)CCCCC(N)=S)CC1. The van der Waals surface area contributed by atoms with Crippen LogP contribution in [0.3, 0.4) is 0 Å². The fourth-order valence-corrected chi connectivity index (χ4v) is 2.66. The van der Waals surface area contributed by atoms with Gasteiger partial charge in [-0.05, 0) is 65.3 Å². The molecule has 3 nitrogen and oxygen atoms in total. The molecule has 0 atom stereocenters. The molecule has 0 aliphatic carbocycles. The summed E-state index contributed by atoms with van der Waals surface area (Å²) in [6.45, 7) is 7.15. The number of hydrogen-bond acceptors (Lipinski definition) is 3. The van der Waals surface area contributed by atoms with Gasteiger partial charge in [0.2, 0.25) is 0 Å². The zero-order chi connectivity index (χ0) is 12.7. The monoisotopic (exact) mass is 257 g/mol. The summed E-state index contributed by atoms with van der Waals surface area (Å²) in [4.78, 5) is 5.72. The summed E-state index contributed by atoms with van der Waals surface area (Å²) < 4.78 is 0. The summed E-state index contributed by atoms with van der Waals surface area (Å²) >= 11 is 4.88. The van der Waals surface area contributed by atoms with Crippen LogP contribution in [0.2, 0.25) is 0 Å². The van der Waals surface area contributed by atoms with E-state index in [1.807, 2.05) is 0 Å². The molecule has 4 heteroatoms. The van der Waals surface area contributed by atoms with E-state index >= 15 is 0 Å². The first-order valence-electron chi connectivity index (χ1n) is 6.84. The van der Waals surface area contributed by atoms with E-state index in [0.717, 1.165) is 18.9 Å². The summed E-state index contributed by atoms with van der Waals surface area (Å²) in [5, 5.41) is 0. The van der Waals surface area contributed by atoms with Crippen molar-refractivity contribution in [1.29, 1.82) is 0 Å². The molecule has 0 spiro atoms. The molecule has 1 saturated heterocycles. The molecule has 0 bridgehead atoms. The van der Waals surface area contributed by atoms with E-state index in [1.54, 1.807) is 0 Å². The number of thiocarbonyl (C=S) groups is 1. The highest BCUT2D eigenvalue weighted by molar-refractivity contribution is 7.80. The second-order valence-electron chi connectivity index (χ2n) is 5.07. The quantitative estimate of drug-likeness (QED) is 0.557. The molecular formula is C13H27N3S. The molecule has 1 aliphatic heterocycles. The lowest BCUT2D eigenvalue weighted by Crippen LogP contribution is -2.43. The van der Waals surface area contributed by atoms with Crippen molar-refractivity contribution in [2.75, 3.05) is 33.2 Å². The Labute approximate surface area is 111 Å². The molecule has 0 aromatic carbocycles. The van der Waals surface area contributed by atoms with Crippen molar-refractivity contribution in [3.8, 4) is 0 Å². The Kier molecular flexibility index (Phi) is 7.00. The van der Waals surface area contributed by atoms with Crippen molar-refractivity contribution in [1.82, 2.24) is 9.80 Å². The maximum atomic E-state index is 5.50. The molecule has 0 unspecified atom stereocenters. The molecule has 0 aromatic heterocycles. The maximum Gasteiger partial charge on any atom is 0.0727 e. The van der Waals surface area contributed by atoms with Crippen LogP contribution in [0.25, 0.3) is 0 Å². The van der Waals surface area contributed by atoms with Gasteiger partial charge in [-0.1, -0.05) is 19.1 Å². The maximum absolute atomic E-state index is 5.50. The van der Waals surface area contributed by atoms with Crippen LogP contribution in [0.5, 0.6) is 0 Å². The standard InChI is InChI=1S/C13H27N3S/c1-3-16-10-7-12(8-11-16)15(2)9-5-4-6-13(14)17/h12H,3-11H2,1-2H3,(H2,14,17). The van der Waals surface area contributed by atoms with E-state index in [9.17, 15) is 0 Å². The summed E-state index contributed by atoms with van der Waals surface area (Å²) in [5.74, 6) is 0. The number of hydrogen-bond donors (Lipinski definition) is 1. The van der Waals surface area contributed by atoms with E-state index in [-0.39, 0.29) is 0 Å². The van der Waals surface area contributed by atoms with Crippen LogP contribution < -0.4 is 5.73 Å². The average molecular weight is 257 g/mol. The fourth-order valence-electron chi connectivity index (χ4n) is 2.52. The molecule has 0 saturated carbocycles. The number of nitrogens with zero attached hydrogens (tertiary/aromatic N) is 2. The Balaban J connectivity index is 2.11. The van der Waals surface area contributed by atoms with Crippen molar-refractivity contribution < 1.29 is 0 Å². The molecule has 17 heavy (non-hydrogen) atoms. The third-order valence-corrected chi connectivity index (χ3v) is 4.02. The van der Waals surface area contributed by atoms with E-state index in [0.29, 0.717) is 4.99 Å². The van der Waals surface area contributed by atoms with Gasteiger partial charge < -0.3 is 15.5 Å². The third kappa shape index (κ3) is 5.80. The highest BCUT2D eigenvalue weighted by atomic mass is 32.1. The topological polar surface area (TPSA) is 32.5 Å². The molecule has 1 aliphatic rings. The highest BCUT2D eigenvalue weighted by Gasteiger charge is 2.20. The summed E-state index contributed by atoms with van der Waals surface area (Å²) in [5.41, 5.74) is 5.50. The Morgan fingerprint density at radius 1 is 1.35 bits per heavy atom. The van der Waals surface area contributed by atoms with Crippen molar-refractivity contribution in [2.24, 2.45) is 5.73 Å². The Morgan fingerprint density at radius 2 is 2.00 bits per heavy atom. The molecule has 1 heterocycles. The van der Waals surface area contributed by atoms with E-state index in [4.69, 9.17) is 18.0 Å². The van der Waals surface area contributed by atoms with Crippen LogP contribution in [0.4, 0.5) is 0 Å². The van der Waals surface area contributed by atoms with Gasteiger partial charge in [0.1, 0.15) is 0 Å². The molecule has 100 valence electrons. The van der Waals surface area contributed by atoms with Crippen LogP contribution in [0.15, 0.2) is 0 Å². The number of unbranched alkanes of at least 4 members (excludes halogenated alkanes) is 1. The minimum atomic E-state index is 0.656. The highest BCUT2D eigenvalue weighted by Crippen LogP contribution is 2.15. The first-order valence-corrected chi connectivity index (χ1v) is 7.25. The van der Waals surface area contributed by atoms with Gasteiger partial charge in [0, 0.05) is 6.04 Å². The molecular weight excluding hydrogens is 230 g/mol. The fraction of sp³-hybridized carbons (Fsp3) is 0.923. The van der Waals surface area contributed by atoms with Gasteiger partial charge in [0.25, 0.3) is 0 Å². The molecule has 0 amide bonds. The summed E-state index contributed by atoms with van der Waals surface area (Å²) in [6, 6.07) is 0.780. The first-order chi connectivity index (χ1) is 8.13. The van der Waals surface area contributed by atoms with E-state index in [2.05, 4.69) is 23.8 Å². The lowest BCUT2D eigenvalue weighted by molar-refractivity contribution is 0.130. The predicted octanol–water partition coefficient (Wildman–Crippen LogP) is 1.86. The van der Waals surface area contributed by atoms with Crippen molar-refractivity contribution >= 4 is 17.2 Å². The third-order valence-electron chi connectivity index (χ3n) is 3.81. The summed E-state index contributed by atoms with van der Waals surface area (Å²) in [7, 11) is 2.26. The van der Waals surface area contributed by atoms with Gasteiger partial charge in [-0.25, -0.2) is 0 Å². The first kappa shape index (κ1) is 14.9. The van der Waals surface area contributed by atoms with Crippen molar-refractivity contribution in [3.63, 3.8) is 0 Å². The second kappa shape index (κ2) is 8.01. The van der Waals surface area contributed by atoms with Gasteiger partial charge in [-0.15, -0.1) is 0 Å². The predicted molar refractivity (Wildman–Crippen MR) is 78.4 cm³/mol. The normalized spacial score (nSPS) is 18.8. The van der Waals surface area contributed by atoms with Crippen LogP contribution in [0.1, 0.15) is 39.0 Å². The average Bonchev–Trinajstić information content (AvgIpc) is 2.34. The van der Waals surface area contributed by atoms with Crippen LogP contribution in [-0.4, -0.2) is 54.1 Å². The van der Waals surface area contributed by atoms with E-state index in [1.165, 1.54) is 45.4 Å². The Bertz CT molecular complexity index is 225. The Morgan fingerprint density at radius 3 is 2.53 bits per heavy atom. The van der Waals surface area contributed by atoms with Gasteiger partial charge in [-0.2, -0.15) is 0 Å². The molecule has 1 rings (SSSR count). The minimum absolute atomic E-state index is 0.656. The summed E-state index contributed by atoms with van der Waals surface area (Å²) in [6.07, 6.45) is 5.88. The van der Waals surface area contributed by atoms with Crippen molar-refractivity contribution in [2.45, 2.75) is 45.1 Å². The smallest absolute Gasteiger partial charge is 0.0727 e. The van der Waals surface area contributed by atoms with Gasteiger partial charge in [0.15, 0.2) is 0 Å².